The van der Waals surface area contributed by atoms with E-state index in [9.17, 15) is 23.5 Å². The van der Waals surface area contributed by atoms with Gasteiger partial charge in [-0.25, -0.2) is 8.78 Å². The molecule has 8 rings (SSSR count). The molecule has 9 heteroatoms. The Balaban J connectivity index is 0.000000206. The molecule has 2 atom stereocenters. The number of ether oxygens (including phenoxy) is 4. The number of carbonyl (C=O) groups excluding carboxylic acids is 1. The third-order valence-electron chi connectivity index (χ3n) is 13.4. The van der Waals surface area contributed by atoms with E-state index in [1.165, 1.54) is 30.5 Å². The molecule has 0 radical (unpaired) electrons. The van der Waals surface area contributed by atoms with Crippen LogP contribution in [0.3, 0.4) is 0 Å². The fourth-order valence-electron chi connectivity index (χ4n) is 9.36. The molecule has 2 aliphatic rings. The van der Waals surface area contributed by atoms with Gasteiger partial charge in [0.2, 0.25) is 0 Å². The SMILES string of the molecule is COc1ccc(F)c(-c2ccc(COc3cccc([C@@H](CC(C)=O)C4CC4)c3)cc2C(C)(C)C)c1.COc1ccc(F)c(-c2ccc(COc3cccc([C@H](CC(=O)O)C4CC4)c3)cc2C(C)(C)C)c1. The molecule has 2 saturated carbocycles. The van der Waals surface area contributed by atoms with Gasteiger partial charge in [-0.1, -0.05) is 102 Å². The number of benzene rings is 6. The van der Waals surface area contributed by atoms with Gasteiger partial charge in [-0.3, -0.25) is 4.79 Å². The predicted molar refractivity (Wildman–Crippen MR) is 274 cm³/mol. The number of carbonyl (C=O) groups is 2. The number of carboxylic acids is 1. The van der Waals surface area contributed by atoms with E-state index in [-0.39, 0.29) is 46.5 Å². The van der Waals surface area contributed by atoms with Crippen molar-refractivity contribution < 1.29 is 42.4 Å². The maximum absolute atomic E-state index is 14.8. The average Bonchev–Trinajstić information content (AvgIpc) is 4.27. The number of halogens is 2. The lowest BCUT2D eigenvalue weighted by molar-refractivity contribution is -0.137. The smallest absolute Gasteiger partial charge is 0.303 e. The standard InChI is InChI=1S/C31H35FO3.C30H33FO4/c1-20(33)15-27(22-10-11-22)23-7-6-8-25(17-23)35-19-21-9-13-26(29(16-21)31(2,3)4)28-18-24(34-5)12-14-30(28)32;1-30(2,3)27-14-19(8-12-24(27)26-16-22(34-4)11-13-28(26)31)18-35-23-7-5-6-21(15-23)25(17-29(32)33)20-9-10-20/h6-9,12-14,16-18,22,27H,10-11,15,19H2,1-5H3;5-8,11-16,20,25H,9-10,17-18H2,1-4H3,(H,32,33)/t27-;25-/m01/s1. The minimum absolute atomic E-state index is 0.0283. The van der Waals surface area contributed by atoms with E-state index in [4.69, 9.17) is 18.9 Å². The maximum Gasteiger partial charge on any atom is 0.303 e. The van der Waals surface area contributed by atoms with Crippen molar-refractivity contribution in [3.8, 4) is 45.3 Å². The maximum atomic E-state index is 14.8. The lowest BCUT2D eigenvalue weighted by atomic mass is 9.81. The van der Waals surface area contributed by atoms with Crippen LogP contribution in [0.1, 0.15) is 132 Å². The summed E-state index contributed by atoms with van der Waals surface area (Å²) >= 11 is 0. The van der Waals surface area contributed by atoms with Crippen molar-refractivity contribution in [2.45, 2.75) is 123 Å². The lowest BCUT2D eigenvalue weighted by Crippen LogP contribution is -2.14. The zero-order chi connectivity index (χ0) is 50.3. The minimum Gasteiger partial charge on any atom is -0.497 e. The van der Waals surface area contributed by atoms with Crippen molar-refractivity contribution in [2.75, 3.05) is 14.2 Å². The summed E-state index contributed by atoms with van der Waals surface area (Å²) in [5.74, 6) is 3.02. The zero-order valence-electron chi connectivity index (χ0n) is 42.2. The molecule has 0 spiro atoms. The van der Waals surface area contributed by atoms with Crippen LogP contribution in [0.4, 0.5) is 8.78 Å². The summed E-state index contributed by atoms with van der Waals surface area (Å²) in [6.07, 6.45) is 5.28. The molecule has 2 aliphatic carbocycles. The summed E-state index contributed by atoms with van der Waals surface area (Å²) in [7, 11) is 3.16. The Morgan fingerprint density at radius 2 is 0.957 bits per heavy atom. The van der Waals surface area contributed by atoms with Crippen molar-refractivity contribution in [1.82, 2.24) is 0 Å². The fourth-order valence-corrected chi connectivity index (χ4v) is 9.36. The Bertz CT molecular complexity index is 2600. The summed E-state index contributed by atoms with van der Waals surface area (Å²) in [5.41, 5.74) is 8.61. The predicted octanol–water partition coefficient (Wildman–Crippen LogP) is 15.2. The summed E-state index contributed by atoms with van der Waals surface area (Å²) < 4.78 is 52.5. The second-order valence-electron chi connectivity index (χ2n) is 21.1. The summed E-state index contributed by atoms with van der Waals surface area (Å²) in [4.78, 5) is 23.1. The van der Waals surface area contributed by atoms with Crippen molar-refractivity contribution >= 4 is 11.8 Å². The van der Waals surface area contributed by atoms with Crippen LogP contribution in [0, 0.1) is 23.5 Å². The van der Waals surface area contributed by atoms with Crippen LogP contribution in [0.2, 0.25) is 0 Å². The van der Waals surface area contributed by atoms with E-state index in [0.717, 1.165) is 63.3 Å². The first-order valence-electron chi connectivity index (χ1n) is 24.4. The van der Waals surface area contributed by atoms with Gasteiger partial charge in [-0.05, 0) is 172 Å². The van der Waals surface area contributed by atoms with Gasteiger partial charge >= 0.3 is 5.97 Å². The summed E-state index contributed by atoms with van der Waals surface area (Å²) in [6.45, 7) is 15.2. The van der Waals surface area contributed by atoms with E-state index in [2.05, 4.69) is 65.8 Å². The van der Waals surface area contributed by atoms with E-state index in [1.54, 1.807) is 45.4 Å². The number of carboxylic acid groups (broad SMARTS) is 1. The molecule has 2 fully saturated rings. The van der Waals surface area contributed by atoms with Gasteiger partial charge in [0, 0.05) is 17.5 Å². The average molecular weight is 951 g/mol. The van der Waals surface area contributed by atoms with Crippen molar-refractivity contribution in [2.24, 2.45) is 11.8 Å². The fraction of sp³-hybridized carbons (Fsp3) is 0.377. The zero-order valence-corrected chi connectivity index (χ0v) is 42.2. The van der Waals surface area contributed by atoms with E-state index < -0.39 is 5.97 Å². The third-order valence-corrected chi connectivity index (χ3v) is 13.4. The van der Waals surface area contributed by atoms with Gasteiger partial charge in [0.25, 0.3) is 0 Å². The number of Topliss-reactive ketones (excluding diaryl/α,β-unsaturated/α-hetero) is 1. The van der Waals surface area contributed by atoms with Crippen molar-refractivity contribution in [1.29, 1.82) is 0 Å². The molecule has 6 aromatic carbocycles. The summed E-state index contributed by atoms with van der Waals surface area (Å²) in [5, 5.41) is 9.32. The van der Waals surface area contributed by atoms with Crippen molar-refractivity contribution in [3.05, 3.63) is 166 Å². The van der Waals surface area contributed by atoms with Crippen LogP contribution in [-0.4, -0.2) is 31.1 Å². The molecule has 0 bridgehead atoms. The molecule has 0 saturated heterocycles. The van der Waals surface area contributed by atoms with Gasteiger partial charge in [0.1, 0.15) is 53.6 Å². The molecule has 1 N–H and O–H groups in total. The van der Waals surface area contributed by atoms with Gasteiger partial charge in [0.05, 0.1) is 20.6 Å². The van der Waals surface area contributed by atoms with Crippen molar-refractivity contribution in [3.63, 3.8) is 0 Å². The van der Waals surface area contributed by atoms with Crippen LogP contribution in [0.5, 0.6) is 23.0 Å². The number of aliphatic carboxylic acids is 1. The molecule has 0 aromatic heterocycles. The van der Waals surface area contributed by atoms with Crippen LogP contribution in [-0.2, 0) is 33.6 Å². The third kappa shape index (κ3) is 13.4. The largest absolute Gasteiger partial charge is 0.497 e. The molecule has 0 unspecified atom stereocenters. The lowest BCUT2D eigenvalue weighted by Gasteiger charge is -2.25. The first-order valence-corrected chi connectivity index (χ1v) is 24.4. The Labute approximate surface area is 413 Å². The molecule has 7 nitrogen and oxygen atoms in total. The topological polar surface area (TPSA) is 91.3 Å². The molecule has 0 amide bonds. The minimum atomic E-state index is -0.768. The molecule has 0 heterocycles. The van der Waals surface area contributed by atoms with E-state index in [0.29, 0.717) is 54.1 Å². The Morgan fingerprint density at radius 1 is 0.543 bits per heavy atom. The number of ketones is 1. The molecule has 0 aliphatic heterocycles. The second-order valence-corrected chi connectivity index (χ2v) is 21.1. The highest BCUT2D eigenvalue weighted by Crippen LogP contribution is 2.47. The van der Waals surface area contributed by atoms with Crippen LogP contribution >= 0.6 is 0 Å². The van der Waals surface area contributed by atoms with Crippen LogP contribution in [0.15, 0.2) is 121 Å². The quantitative estimate of drug-likeness (QED) is 0.0917. The Morgan fingerprint density at radius 3 is 1.31 bits per heavy atom. The highest BCUT2D eigenvalue weighted by atomic mass is 19.1. The molecule has 368 valence electrons. The Hall–Kier alpha value is -6.48. The van der Waals surface area contributed by atoms with E-state index >= 15 is 0 Å². The Kier molecular flexibility index (Phi) is 16.2. The first-order chi connectivity index (χ1) is 33.3. The van der Waals surface area contributed by atoms with Gasteiger partial charge < -0.3 is 28.8 Å². The molecule has 6 aromatic rings. The summed E-state index contributed by atoms with van der Waals surface area (Å²) in [6, 6.07) is 37.6. The van der Waals surface area contributed by atoms with Gasteiger partial charge in [-0.15, -0.1) is 0 Å². The number of methoxy groups -OCH3 is 2. The van der Waals surface area contributed by atoms with Gasteiger partial charge in [0.15, 0.2) is 0 Å². The number of hydrogen-bond acceptors (Lipinski definition) is 6. The molecular formula is C61H68F2O7. The van der Waals surface area contributed by atoms with Crippen LogP contribution < -0.4 is 18.9 Å². The van der Waals surface area contributed by atoms with Gasteiger partial charge in [-0.2, -0.15) is 0 Å². The van der Waals surface area contributed by atoms with E-state index in [1.807, 2.05) is 60.7 Å². The van der Waals surface area contributed by atoms with Crippen LogP contribution in [0.25, 0.3) is 22.3 Å². The number of hydrogen-bond donors (Lipinski definition) is 1. The highest BCUT2D eigenvalue weighted by Gasteiger charge is 2.35. The normalized spacial score (nSPS) is 14.4. The highest BCUT2D eigenvalue weighted by molar-refractivity contribution is 5.77. The molecule has 70 heavy (non-hydrogen) atoms. The molecular weight excluding hydrogens is 883 g/mol. The first kappa shape index (κ1) is 51.4. The second kappa shape index (κ2) is 22.1. The monoisotopic (exact) mass is 950 g/mol. The number of rotatable bonds is 18.